The molecule has 1 heterocycles. The van der Waals surface area contributed by atoms with Crippen LogP contribution >= 0.6 is 0 Å². The maximum Gasteiger partial charge on any atom is 0.324 e. The van der Waals surface area contributed by atoms with Gasteiger partial charge >= 0.3 is 5.97 Å². The van der Waals surface area contributed by atoms with E-state index in [1.807, 2.05) is 13.8 Å². The standard InChI is InChI=1S/C12H24N2O4S/c1-4-7-12(3,11(15)16)13-19(17,18)14-8-5-6-10(2)9-14/h10,13H,4-9H2,1-3H3,(H,15,16). The number of hydrogen-bond acceptors (Lipinski definition) is 3. The molecule has 0 aliphatic carbocycles. The van der Waals surface area contributed by atoms with Crippen LogP contribution < -0.4 is 4.72 Å². The second-order valence-corrected chi connectivity index (χ2v) is 7.27. The minimum absolute atomic E-state index is 0.269. The molecular formula is C12H24N2O4S. The Bertz CT molecular complexity index is 423. The van der Waals surface area contributed by atoms with Crippen molar-refractivity contribution in [3.63, 3.8) is 0 Å². The lowest BCUT2D eigenvalue weighted by atomic mass is 9.98. The molecule has 2 atom stereocenters. The van der Waals surface area contributed by atoms with E-state index in [0.29, 0.717) is 25.4 Å². The largest absolute Gasteiger partial charge is 0.480 e. The molecule has 0 aromatic rings. The van der Waals surface area contributed by atoms with Crippen LogP contribution in [0.5, 0.6) is 0 Å². The van der Waals surface area contributed by atoms with Gasteiger partial charge in [0.15, 0.2) is 0 Å². The Hall–Kier alpha value is -0.660. The Morgan fingerprint density at radius 2 is 2.16 bits per heavy atom. The number of rotatable bonds is 6. The summed E-state index contributed by atoms with van der Waals surface area (Å²) in [6, 6.07) is 0. The van der Waals surface area contributed by atoms with Crippen molar-refractivity contribution >= 4 is 16.2 Å². The minimum atomic E-state index is -3.74. The first kappa shape index (κ1) is 16.4. The van der Waals surface area contributed by atoms with Gasteiger partial charge in [0.2, 0.25) is 0 Å². The van der Waals surface area contributed by atoms with E-state index in [1.165, 1.54) is 11.2 Å². The van der Waals surface area contributed by atoms with Gasteiger partial charge in [-0.2, -0.15) is 17.4 Å². The van der Waals surface area contributed by atoms with Crippen LogP contribution in [0.1, 0.15) is 46.5 Å². The molecule has 7 heteroatoms. The van der Waals surface area contributed by atoms with Gasteiger partial charge in [0.05, 0.1) is 0 Å². The number of hydrogen-bond donors (Lipinski definition) is 2. The molecule has 2 unspecified atom stereocenters. The number of carboxylic acids is 1. The Morgan fingerprint density at radius 1 is 1.53 bits per heavy atom. The van der Waals surface area contributed by atoms with Crippen molar-refractivity contribution in [2.75, 3.05) is 13.1 Å². The van der Waals surface area contributed by atoms with Gasteiger partial charge in [0.1, 0.15) is 5.54 Å². The van der Waals surface area contributed by atoms with Crippen LogP contribution in [0.25, 0.3) is 0 Å². The number of aliphatic carboxylic acids is 1. The van der Waals surface area contributed by atoms with E-state index in [1.54, 1.807) is 0 Å². The molecule has 1 aliphatic rings. The van der Waals surface area contributed by atoms with Crippen LogP contribution in [0, 0.1) is 5.92 Å². The number of carboxylic acid groups (broad SMARTS) is 1. The van der Waals surface area contributed by atoms with E-state index >= 15 is 0 Å². The second-order valence-electron chi connectivity index (χ2n) is 5.60. The topological polar surface area (TPSA) is 86.7 Å². The van der Waals surface area contributed by atoms with Crippen LogP contribution in [-0.4, -0.2) is 42.4 Å². The Morgan fingerprint density at radius 3 is 2.63 bits per heavy atom. The molecule has 1 saturated heterocycles. The molecule has 112 valence electrons. The molecule has 1 rings (SSSR count). The first-order valence-electron chi connectivity index (χ1n) is 6.73. The average Bonchev–Trinajstić information content (AvgIpc) is 2.28. The fourth-order valence-electron chi connectivity index (χ4n) is 2.42. The molecule has 1 aliphatic heterocycles. The highest BCUT2D eigenvalue weighted by Gasteiger charge is 2.39. The van der Waals surface area contributed by atoms with Crippen LogP contribution in [0.2, 0.25) is 0 Å². The van der Waals surface area contributed by atoms with Gasteiger partial charge in [0, 0.05) is 13.1 Å². The van der Waals surface area contributed by atoms with Crippen molar-refractivity contribution in [1.82, 2.24) is 9.03 Å². The summed E-state index contributed by atoms with van der Waals surface area (Å²) in [6.45, 7) is 6.17. The second kappa shape index (κ2) is 6.19. The summed E-state index contributed by atoms with van der Waals surface area (Å²) >= 11 is 0. The van der Waals surface area contributed by atoms with Crippen molar-refractivity contribution in [2.45, 2.75) is 52.0 Å². The summed E-state index contributed by atoms with van der Waals surface area (Å²) in [6.07, 6.45) is 2.70. The molecule has 2 N–H and O–H groups in total. The van der Waals surface area contributed by atoms with Gasteiger partial charge in [-0.25, -0.2) is 0 Å². The molecule has 0 saturated carbocycles. The van der Waals surface area contributed by atoms with Crippen molar-refractivity contribution in [2.24, 2.45) is 5.92 Å². The minimum Gasteiger partial charge on any atom is -0.480 e. The third-order valence-corrected chi connectivity index (χ3v) is 5.26. The van der Waals surface area contributed by atoms with Gasteiger partial charge in [-0.1, -0.05) is 20.3 Å². The fourth-order valence-corrected chi connectivity index (χ4v) is 4.12. The molecule has 1 fully saturated rings. The quantitative estimate of drug-likeness (QED) is 0.770. The molecule has 0 amide bonds. The predicted octanol–water partition coefficient (Wildman–Crippen LogP) is 1.20. The number of carbonyl (C=O) groups is 1. The zero-order valence-electron chi connectivity index (χ0n) is 11.8. The zero-order chi connectivity index (χ0) is 14.7. The SMILES string of the molecule is CCCC(C)(NS(=O)(=O)N1CCCC(C)C1)C(=O)O. The molecule has 19 heavy (non-hydrogen) atoms. The third-order valence-electron chi connectivity index (χ3n) is 3.54. The van der Waals surface area contributed by atoms with Gasteiger partial charge in [-0.15, -0.1) is 0 Å². The Labute approximate surface area is 115 Å². The summed E-state index contributed by atoms with van der Waals surface area (Å²) in [4.78, 5) is 11.3. The Kier molecular flexibility index (Phi) is 5.34. The molecule has 0 aromatic heterocycles. The van der Waals surface area contributed by atoms with E-state index in [0.717, 1.165) is 12.8 Å². The zero-order valence-corrected chi connectivity index (χ0v) is 12.7. The summed E-state index contributed by atoms with van der Waals surface area (Å²) < 4.78 is 28.3. The monoisotopic (exact) mass is 292 g/mol. The van der Waals surface area contributed by atoms with E-state index in [9.17, 15) is 18.3 Å². The highest BCUT2D eigenvalue weighted by molar-refractivity contribution is 7.87. The maximum atomic E-state index is 12.3. The third kappa shape index (κ3) is 4.15. The summed E-state index contributed by atoms with van der Waals surface area (Å²) in [5.41, 5.74) is -1.44. The van der Waals surface area contributed by atoms with Crippen LogP contribution in [0.15, 0.2) is 0 Å². The predicted molar refractivity (Wildman–Crippen MR) is 73.0 cm³/mol. The summed E-state index contributed by atoms with van der Waals surface area (Å²) in [5, 5.41) is 9.23. The molecule has 0 aromatic carbocycles. The van der Waals surface area contributed by atoms with Crippen molar-refractivity contribution in [3.05, 3.63) is 0 Å². The van der Waals surface area contributed by atoms with Crippen LogP contribution in [0.3, 0.4) is 0 Å². The van der Waals surface area contributed by atoms with Gasteiger partial charge in [-0.3, -0.25) is 4.79 Å². The van der Waals surface area contributed by atoms with E-state index in [2.05, 4.69) is 4.72 Å². The van der Waals surface area contributed by atoms with Gasteiger partial charge < -0.3 is 5.11 Å². The molecule has 0 bridgehead atoms. The average molecular weight is 292 g/mol. The number of nitrogens with one attached hydrogen (secondary N) is 1. The highest BCUT2D eigenvalue weighted by Crippen LogP contribution is 2.21. The first-order chi connectivity index (χ1) is 8.71. The van der Waals surface area contributed by atoms with Crippen molar-refractivity contribution in [1.29, 1.82) is 0 Å². The normalized spacial score (nSPS) is 24.9. The van der Waals surface area contributed by atoms with Crippen molar-refractivity contribution < 1.29 is 18.3 Å². The first-order valence-corrected chi connectivity index (χ1v) is 8.17. The maximum absolute atomic E-state index is 12.3. The van der Waals surface area contributed by atoms with Crippen molar-refractivity contribution in [3.8, 4) is 0 Å². The summed E-state index contributed by atoms with van der Waals surface area (Å²) in [7, 11) is -3.74. The molecule has 0 radical (unpaired) electrons. The highest BCUT2D eigenvalue weighted by atomic mass is 32.2. The van der Waals surface area contributed by atoms with Crippen LogP contribution in [-0.2, 0) is 15.0 Å². The molecule has 0 spiro atoms. The lowest BCUT2D eigenvalue weighted by Gasteiger charge is -2.33. The lowest BCUT2D eigenvalue weighted by molar-refractivity contribution is -0.143. The lowest BCUT2D eigenvalue weighted by Crippen LogP contribution is -2.57. The van der Waals surface area contributed by atoms with Crippen LogP contribution in [0.4, 0.5) is 0 Å². The van der Waals surface area contributed by atoms with E-state index in [4.69, 9.17) is 0 Å². The van der Waals surface area contributed by atoms with E-state index in [-0.39, 0.29) is 6.42 Å². The van der Waals surface area contributed by atoms with Gasteiger partial charge in [0.25, 0.3) is 10.2 Å². The van der Waals surface area contributed by atoms with E-state index < -0.39 is 21.7 Å². The summed E-state index contributed by atoms with van der Waals surface area (Å²) in [5.74, 6) is -0.824. The number of nitrogens with zero attached hydrogens (tertiary/aromatic N) is 1. The number of piperidine rings is 1. The smallest absolute Gasteiger partial charge is 0.324 e. The Balaban J connectivity index is 2.85. The fraction of sp³-hybridized carbons (Fsp3) is 0.917. The molecular weight excluding hydrogens is 268 g/mol. The molecule has 6 nitrogen and oxygen atoms in total. The van der Waals surface area contributed by atoms with Gasteiger partial charge in [-0.05, 0) is 32.1 Å².